The van der Waals surface area contributed by atoms with Crippen LogP contribution in [-0.4, -0.2) is 10.2 Å². The van der Waals surface area contributed by atoms with Crippen molar-refractivity contribution >= 4 is 15.9 Å². The lowest BCUT2D eigenvalue weighted by Gasteiger charge is -2.04. The summed E-state index contributed by atoms with van der Waals surface area (Å²) in [5.74, 6) is 0.351. The van der Waals surface area contributed by atoms with E-state index in [0.717, 1.165) is 5.69 Å². The molecule has 5 heteroatoms. The highest BCUT2D eigenvalue weighted by Gasteiger charge is 2.03. The fraction of sp³-hybridized carbons (Fsp3) is 0.0909. The maximum atomic E-state index is 13.2. The number of aryl methyl sites for hydroxylation is 1. The van der Waals surface area contributed by atoms with Gasteiger partial charge in [0.25, 0.3) is 0 Å². The van der Waals surface area contributed by atoms with E-state index in [1.54, 1.807) is 24.3 Å². The van der Waals surface area contributed by atoms with Gasteiger partial charge in [-0.05, 0) is 41.1 Å². The molecule has 0 saturated carbocycles. The Labute approximate surface area is 100 Å². The van der Waals surface area contributed by atoms with Crippen LogP contribution in [0.1, 0.15) is 5.69 Å². The Balaban J connectivity index is 2.20. The maximum Gasteiger partial charge on any atom is 0.238 e. The van der Waals surface area contributed by atoms with Crippen molar-refractivity contribution < 1.29 is 9.13 Å². The Kier molecular flexibility index (Phi) is 3.14. The largest absolute Gasteiger partial charge is 0.437 e. The molecule has 0 fully saturated rings. The number of rotatable bonds is 2. The van der Waals surface area contributed by atoms with Crippen molar-refractivity contribution in [3.63, 3.8) is 0 Å². The number of hydrogen-bond acceptors (Lipinski definition) is 3. The fourth-order valence-electron chi connectivity index (χ4n) is 1.10. The minimum atomic E-state index is -0.377. The molecule has 2 rings (SSSR count). The van der Waals surface area contributed by atoms with Gasteiger partial charge in [0.15, 0.2) is 0 Å². The minimum Gasteiger partial charge on any atom is -0.437 e. The van der Waals surface area contributed by atoms with E-state index in [9.17, 15) is 4.39 Å². The molecule has 0 aliphatic heterocycles. The lowest BCUT2D eigenvalue weighted by Crippen LogP contribution is -1.92. The third-order valence-corrected chi connectivity index (χ3v) is 2.53. The van der Waals surface area contributed by atoms with E-state index in [1.165, 1.54) is 6.07 Å². The van der Waals surface area contributed by atoms with Crippen molar-refractivity contribution in [2.24, 2.45) is 0 Å². The molecule has 0 radical (unpaired) electrons. The lowest BCUT2D eigenvalue weighted by atomic mass is 10.3. The van der Waals surface area contributed by atoms with Crippen LogP contribution in [0.5, 0.6) is 11.6 Å². The molecule has 82 valence electrons. The monoisotopic (exact) mass is 282 g/mol. The van der Waals surface area contributed by atoms with E-state index in [4.69, 9.17) is 4.74 Å². The Morgan fingerprint density at radius 2 is 2.00 bits per heavy atom. The van der Waals surface area contributed by atoms with Crippen LogP contribution in [-0.2, 0) is 0 Å². The Morgan fingerprint density at radius 1 is 1.19 bits per heavy atom. The average Bonchev–Trinajstić information content (AvgIpc) is 2.27. The van der Waals surface area contributed by atoms with Crippen molar-refractivity contribution in [3.8, 4) is 11.6 Å². The van der Waals surface area contributed by atoms with Crippen LogP contribution in [0, 0.1) is 12.7 Å². The second-order valence-electron chi connectivity index (χ2n) is 3.19. The van der Waals surface area contributed by atoms with Gasteiger partial charge in [-0.25, -0.2) is 4.39 Å². The first-order chi connectivity index (χ1) is 7.65. The van der Waals surface area contributed by atoms with Gasteiger partial charge in [0.05, 0.1) is 10.2 Å². The second-order valence-corrected chi connectivity index (χ2v) is 4.05. The standard InChI is InChI=1S/C11H8BrFN2O/c1-7-2-5-11(15-14-7)16-8-3-4-9(12)10(13)6-8/h2-6H,1H3. The van der Waals surface area contributed by atoms with Gasteiger partial charge in [0.2, 0.25) is 5.88 Å². The van der Waals surface area contributed by atoms with E-state index in [0.29, 0.717) is 16.1 Å². The first kappa shape index (κ1) is 11.0. The molecule has 2 aromatic rings. The molecule has 0 N–H and O–H groups in total. The molecule has 0 saturated heterocycles. The number of halogens is 2. The van der Waals surface area contributed by atoms with Crippen molar-refractivity contribution in [2.45, 2.75) is 6.92 Å². The second kappa shape index (κ2) is 4.57. The van der Waals surface area contributed by atoms with E-state index in [2.05, 4.69) is 26.1 Å². The third kappa shape index (κ3) is 2.55. The van der Waals surface area contributed by atoms with E-state index in [-0.39, 0.29) is 5.82 Å². The van der Waals surface area contributed by atoms with Gasteiger partial charge in [0, 0.05) is 12.1 Å². The Morgan fingerprint density at radius 3 is 2.62 bits per heavy atom. The van der Waals surface area contributed by atoms with Gasteiger partial charge >= 0.3 is 0 Å². The predicted molar refractivity (Wildman–Crippen MR) is 60.9 cm³/mol. The summed E-state index contributed by atoms with van der Waals surface area (Å²) in [5, 5.41) is 7.66. The first-order valence-corrected chi connectivity index (χ1v) is 5.38. The van der Waals surface area contributed by atoms with Gasteiger partial charge in [-0.1, -0.05) is 0 Å². The molecule has 0 spiro atoms. The van der Waals surface area contributed by atoms with E-state index < -0.39 is 0 Å². The number of aromatic nitrogens is 2. The highest BCUT2D eigenvalue weighted by Crippen LogP contribution is 2.24. The molecule has 0 atom stereocenters. The van der Waals surface area contributed by atoms with Crippen LogP contribution in [0.3, 0.4) is 0 Å². The first-order valence-electron chi connectivity index (χ1n) is 4.58. The summed E-state index contributed by atoms with van der Waals surface area (Å²) >= 11 is 3.07. The summed E-state index contributed by atoms with van der Waals surface area (Å²) in [6, 6.07) is 7.96. The summed E-state index contributed by atoms with van der Waals surface area (Å²) in [6.07, 6.45) is 0. The third-order valence-electron chi connectivity index (χ3n) is 1.89. The van der Waals surface area contributed by atoms with Crippen LogP contribution < -0.4 is 4.74 Å². The quantitative estimate of drug-likeness (QED) is 0.846. The zero-order chi connectivity index (χ0) is 11.5. The van der Waals surface area contributed by atoms with E-state index >= 15 is 0 Å². The molecule has 1 aromatic heterocycles. The summed E-state index contributed by atoms with van der Waals surface area (Å²) in [7, 11) is 0. The number of ether oxygens (including phenoxy) is 1. The molecule has 0 aliphatic rings. The van der Waals surface area contributed by atoms with Gasteiger partial charge in [0.1, 0.15) is 11.6 Å². The predicted octanol–water partition coefficient (Wildman–Crippen LogP) is 3.48. The van der Waals surface area contributed by atoms with Crippen LogP contribution >= 0.6 is 15.9 Å². The maximum absolute atomic E-state index is 13.2. The van der Waals surface area contributed by atoms with Crippen LogP contribution in [0.4, 0.5) is 4.39 Å². The molecule has 16 heavy (non-hydrogen) atoms. The number of hydrogen-bond donors (Lipinski definition) is 0. The zero-order valence-electron chi connectivity index (χ0n) is 8.45. The molecular formula is C11H8BrFN2O. The van der Waals surface area contributed by atoms with Gasteiger partial charge in [-0.15, -0.1) is 5.10 Å². The minimum absolute atomic E-state index is 0.340. The molecule has 1 aromatic carbocycles. The highest BCUT2D eigenvalue weighted by atomic mass is 79.9. The van der Waals surface area contributed by atoms with Gasteiger partial charge < -0.3 is 4.74 Å². The fourth-order valence-corrected chi connectivity index (χ4v) is 1.35. The van der Waals surface area contributed by atoms with Crippen LogP contribution in [0.15, 0.2) is 34.8 Å². The van der Waals surface area contributed by atoms with Crippen molar-refractivity contribution in [2.75, 3.05) is 0 Å². The number of nitrogens with zero attached hydrogens (tertiary/aromatic N) is 2. The average molecular weight is 283 g/mol. The smallest absolute Gasteiger partial charge is 0.238 e. The molecule has 3 nitrogen and oxygen atoms in total. The highest BCUT2D eigenvalue weighted by molar-refractivity contribution is 9.10. The van der Waals surface area contributed by atoms with E-state index in [1.807, 2.05) is 6.92 Å². The Hall–Kier alpha value is -1.49. The molecule has 0 aliphatic carbocycles. The lowest BCUT2D eigenvalue weighted by molar-refractivity contribution is 0.449. The molecule has 1 heterocycles. The Bertz CT molecular complexity index is 502. The molecule has 0 bridgehead atoms. The molecule has 0 amide bonds. The topological polar surface area (TPSA) is 35.0 Å². The van der Waals surface area contributed by atoms with Crippen molar-refractivity contribution in [1.29, 1.82) is 0 Å². The van der Waals surface area contributed by atoms with Gasteiger partial charge in [-0.3, -0.25) is 0 Å². The number of benzene rings is 1. The zero-order valence-corrected chi connectivity index (χ0v) is 10.0. The summed E-state index contributed by atoms with van der Waals surface area (Å²) in [5.41, 5.74) is 0.800. The van der Waals surface area contributed by atoms with Gasteiger partial charge in [-0.2, -0.15) is 5.10 Å². The normalized spacial score (nSPS) is 10.2. The van der Waals surface area contributed by atoms with Crippen LogP contribution in [0.2, 0.25) is 0 Å². The van der Waals surface area contributed by atoms with Crippen molar-refractivity contribution in [1.82, 2.24) is 10.2 Å². The van der Waals surface area contributed by atoms with Crippen LogP contribution in [0.25, 0.3) is 0 Å². The SMILES string of the molecule is Cc1ccc(Oc2ccc(Br)c(F)c2)nn1. The molecular weight excluding hydrogens is 275 g/mol. The van der Waals surface area contributed by atoms with Crippen molar-refractivity contribution in [3.05, 3.63) is 46.3 Å². The summed E-state index contributed by atoms with van der Waals surface area (Å²) in [6.45, 7) is 1.83. The molecule has 0 unspecified atom stereocenters. The summed E-state index contributed by atoms with van der Waals surface area (Å²) < 4.78 is 18.9. The summed E-state index contributed by atoms with van der Waals surface area (Å²) in [4.78, 5) is 0.